The molecule has 1 N–H and O–H groups in total. The van der Waals surface area contributed by atoms with Crippen LogP contribution in [0.2, 0.25) is 5.02 Å². The fourth-order valence-corrected chi connectivity index (χ4v) is 3.20. The fourth-order valence-electron chi connectivity index (χ4n) is 1.90. The molecule has 9 heteroatoms. The Morgan fingerprint density at radius 1 is 1.12 bits per heavy atom. The van der Waals surface area contributed by atoms with E-state index in [9.17, 15) is 26.4 Å². The number of benzene rings is 2. The first kappa shape index (κ1) is 18.3. The Bertz CT molecular complexity index is 895. The van der Waals surface area contributed by atoms with Gasteiger partial charge in [-0.2, -0.15) is 13.2 Å². The molecule has 0 fully saturated rings. The zero-order valence-electron chi connectivity index (χ0n) is 12.2. The van der Waals surface area contributed by atoms with E-state index in [1.165, 1.54) is 31.2 Å². The second-order valence-electron chi connectivity index (χ2n) is 4.88. The quantitative estimate of drug-likeness (QED) is 0.805. The molecule has 0 aromatic heterocycles. The molecule has 0 amide bonds. The van der Waals surface area contributed by atoms with Crippen molar-refractivity contribution >= 4 is 33.1 Å². The minimum Gasteiger partial charge on any atom is -0.295 e. The highest BCUT2D eigenvalue weighted by Crippen LogP contribution is 2.36. The molecule has 2 aromatic rings. The van der Waals surface area contributed by atoms with Crippen molar-refractivity contribution in [3.8, 4) is 0 Å². The maximum absolute atomic E-state index is 12.8. The monoisotopic (exact) mass is 377 g/mol. The Morgan fingerprint density at radius 2 is 1.79 bits per heavy atom. The Balaban J connectivity index is 2.41. The number of Topliss-reactive ketones (excluding diaryl/α,β-unsaturated/α-hetero) is 1. The van der Waals surface area contributed by atoms with Crippen LogP contribution in [0.4, 0.5) is 18.9 Å². The van der Waals surface area contributed by atoms with E-state index >= 15 is 0 Å². The number of alkyl halides is 3. The van der Waals surface area contributed by atoms with Gasteiger partial charge in [0.05, 0.1) is 15.5 Å². The molecule has 0 saturated heterocycles. The van der Waals surface area contributed by atoms with Gasteiger partial charge >= 0.3 is 6.18 Å². The van der Waals surface area contributed by atoms with Crippen LogP contribution in [-0.4, -0.2) is 14.2 Å². The van der Waals surface area contributed by atoms with Crippen molar-refractivity contribution < 1.29 is 26.4 Å². The molecule has 2 rings (SSSR count). The third kappa shape index (κ3) is 4.07. The average Bonchev–Trinajstić information content (AvgIpc) is 2.46. The van der Waals surface area contributed by atoms with Crippen LogP contribution in [0.3, 0.4) is 0 Å². The molecule has 0 aliphatic rings. The number of sulfonamides is 1. The van der Waals surface area contributed by atoms with Gasteiger partial charge in [-0.25, -0.2) is 8.42 Å². The van der Waals surface area contributed by atoms with Gasteiger partial charge in [-0.15, -0.1) is 0 Å². The van der Waals surface area contributed by atoms with Crippen molar-refractivity contribution in [1.29, 1.82) is 0 Å². The minimum absolute atomic E-state index is 0.0613. The topological polar surface area (TPSA) is 63.2 Å². The van der Waals surface area contributed by atoms with Crippen LogP contribution < -0.4 is 4.72 Å². The van der Waals surface area contributed by atoms with Crippen molar-refractivity contribution in [3.63, 3.8) is 0 Å². The van der Waals surface area contributed by atoms with E-state index in [0.29, 0.717) is 6.07 Å². The van der Waals surface area contributed by atoms with Crippen LogP contribution in [-0.2, 0) is 16.2 Å². The molecular weight excluding hydrogens is 367 g/mol. The molecule has 0 spiro atoms. The van der Waals surface area contributed by atoms with E-state index in [2.05, 4.69) is 4.72 Å². The zero-order chi connectivity index (χ0) is 18.1. The van der Waals surface area contributed by atoms with Crippen molar-refractivity contribution in [1.82, 2.24) is 0 Å². The van der Waals surface area contributed by atoms with E-state index in [1.54, 1.807) is 0 Å². The summed E-state index contributed by atoms with van der Waals surface area (Å²) in [6, 6.07) is 7.91. The van der Waals surface area contributed by atoms with Gasteiger partial charge in [-0.05, 0) is 37.3 Å². The largest absolute Gasteiger partial charge is 0.417 e. The summed E-state index contributed by atoms with van der Waals surface area (Å²) in [5.41, 5.74) is -0.918. The first-order valence-corrected chi connectivity index (χ1v) is 8.37. The molecule has 4 nitrogen and oxygen atoms in total. The van der Waals surface area contributed by atoms with Crippen molar-refractivity contribution in [2.45, 2.75) is 18.0 Å². The molecule has 2 aromatic carbocycles. The second kappa shape index (κ2) is 6.45. The second-order valence-corrected chi connectivity index (χ2v) is 6.97. The summed E-state index contributed by atoms with van der Waals surface area (Å²) in [6.07, 6.45) is -4.78. The van der Waals surface area contributed by atoms with E-state index in [-0.39, 0.29) is 17.0 Å². The molecular formula is C15H11ClF3NO3S. The van der Waals surface area contributed by atoms with Gasteiger partial charge in [0.1, 0.15) is 0 Å². The van der Waals surface area contributed by atoms with Gasteiger partial charge < -0.3 is 0 Å². The number of hydrogen-bond donors (Lipinski definition) is 1. The van der Waals surface area contributed by atoms with Crippen molar-refractivity contribution in [3.05, 3.63) is 58.6 Å². The fraction of sp³-hybridized carbons (Fsp3) is 0.133. The minimum atomic E-state index is -4.78. The summed E-state index contributed by atoms with van der Waals surface area (Å²) < 4.78 is 65.2. The smallest absolute Gasteiger partial charge is 0.295 e. The van der Waals surface area contributed by atoms with Crippen molar-refractivity contribution in [2.75, 3.05) is 4.72 Å². The number of ketones is 1. The average molecular weight is 378 g/mol. The van der Waals surface area contributed by atoms with E-state index in [1.807, 2.05) is 0 Å². The Hall–Kier alpha value is -2.06. The number of anilines is 1. The highest BCUT2D eigenvalue weighted by Gasteiger charge is 2.34. The summed E-state index contributed by atoms with van der Waals surface area (Å²) in [5, 5.41) is -0.597. The van der Waals surface area contributed by atoms with Gasteiger partial charge in [0.25, 0.3) is 10.0 Å². The molecule has 0 saturated carbocycles. The predicted octanol–water partition coefficient (Wildman–Crippen LogP) is 4.36. The molecule has 0 aliphatic heterocycles. The van der Waals surface area contributed by atoms with Crippen LogP contribution in [0.1, 0.15) is 22.8 Å². The molecule has 24 heavy (non-hydrogen) atoms. The lowest BCUT2D eigenvalue weighted by Gasteiger charge is -2.13. The maximum Gasteiger partial charge on any atom is 0.417 e. The van der Waals surface area contributed by atoms with Gasteiger partial charge in [-0.3, -0.25) is 9.52 Å². The molecule has 128 valence electrons. The van der Waals surface area contributed by atoms with Crippen LogP contribution in [0.15, 0.2) is 47.4 Å². The third-order valence-electron chi connectivity index (χ3n) is 3.07. The Morgan fingerprint density at radius 3 is 2.38 bits per heavy atom. The first-order chi connectivity index (χ1) is 11.0. The lowest BCUT2D eigenvalue weighted by atomic mass is 10.1. The lowest BCUT2D eigenvalue weighted by molar-refractivity contribution is -0.137. The van der Waals surface area contributed by atoms with Gasteiger partial charge in [0.2, 0.25) is 0 Å². The van der Waals surface area contributed by atoms with E-state index < -0.39 is 31.7 Å². The molecule has 0 bridgehead atoms. The molecule has 0 aliphatic carbocycles. The lowest BCUT2D eigenvalue weighted by Crippen LogP contribution is -2.15. The number of carbonyl (C=O) groups excluding carboxylic acids is 1. The number of hydrogen-bond acceptors (Lipinski definition) is 3. The van der Waals surface area contributed by atoms with Gasteiger partial charge in [0.15, 0.2) is 5.78 Å². The van der Waals surface area contributed by atoms with Gasteiger partial charge in [-0.1, -0.05) is 23.7 Å². The number of nitrogens with one attached hydrogen (secondary N) is 1. The summed E-state index contributed by atoms with van der Waals surface area (Å²) in [6.45, 7) is 1.31. The third-order valence-corrected chi connectivity index (χ3v) is 4.78. The number of rotatable bonds is 4. The summed E-state index contributed by atoms with van der Waals surface area (Å²) >= 11 is 5.47. The molecule has 0 atom stereocenters. The zero-order valence-corrected chi connectivity index (χ0v) is 13.8. The standard InChI is InChI=1S/C15H11ClF3NO3S/c1-9(21)10-3-2-4-11(7-10)20-24(22,23)12-5-6-14(16)13(8-12)15(17,18)19/h2-8,20H,1H3. The van der Waals surface area contributed by atoms with Crippen LogP contribution in [0.25, 0.3) is 0 Å². The number of halogens is 4. The van der Waals surface area contributed by atoms with Gasteiger partial charge in [0, 0.05) is 11.3 Å². The van der Waals surface area contributed by atoms with Crippen molar-refractivity contribution in [2.24, 2.45) is 0 Å². The van der Waals surface area contributed by atoms with Crippen LogP contribution in [0, 0.1) is 0 Å². The first-order valence-electron chi connectivity index (χ1n) is 6.51. The summed E-state index contributed by atoms with van der Waals surface area (Å²) in [4.78, 5) is 10.7. The molecule has 0 radical (unpaired) electrons. The SMILES string of the molecule is CC(=O)c1cccc(NS(=O)(=O)c2ccc(Cl)c(C(F)(F)F)c2)c1. The normalized spacial score (nSPS) is 12.0. The Kier molecular flexibility index (Phi) is 4.91. The highest BCUT2D eigenvalue weighted by atomic mass is 35.5. The summed E-state index contributed by atoms with van der Waals surface area (Å²) in [5.74, 6) is -0.276. The predicted molar refractivity (Wildman–Crippen MR) is 83.7 cm³/mol. The van der Waals surface area contributed by atoms with Crippen LogP contribution >= 0.6 is 11.6 Å². The van der Waals surface area contributed by atoms with E-state index in [4.69, 9.17) is 11.6 Å². The summed E-state index contributed by atoms with van der Waals surface area (Å²) in [7, 11) is -4.28. The van der Waals surface area contributed by atoms with E-state index in [0.717, 1.165) is 12.1 Å². The molecule has 0 unspecified atom stereocenters. The Labute approximate surface area is 141 Å². The molecule has 0 heterocycles. The van der Waals surface area contributed by atoms with Crippen LogP contribution in [0.5, 0.6) is 0 Å². The maximum atomic E-state index is 12.8. The highest BCUT2D eigenvalue weighted by molar-refractivity contribution is 7.92. The number of carbonyl (C=O) groups is 1.